The lowest BCUT2D eigenvalue weighted by atomic mass is 9.91. The lowest BCUT2D eigenvalue weighted by Crippen LogP contribution is -2.25. The van der Waals surface area contributed by atoms with Crippen molar-refractivity contribution in [3.63, 3.8) is 0 Å². The van der Waals surface area contributed by atoms with E-state index in [4.69, 9.17) is 0 Å². The van der Waals surface area contributed by atoms with Crippen LogP contribution in [-0.2, 0) is 13.0 Å². The molecule has 3 heteroatoms. The van der Waals surface area contributed by atoms with Gasteiger partial charge in [-0.05, 0) is 17.8 Å². The van der Waals surface area contributed by atoms with Gasteiger partial charge in [-0.3, -0.25) is 0 Å². The van der Waals surface area contributed by atoms with Gasteiger partial charge in [0.15, 0.2) is 0 Å². The summed E-state index contributed by atoms with van der Waals surface area (Å²) in [7, 11) is 0. The fourth-order valence-electron chi connectivity index (χ4n) is 2.02. The lowest BCUT2D eigenvalue weighted by molar-refractivity contribution is 0.397. The van der Waals surface area contributed by atoms with E-state index in [0.717, 1.165) is 19.5 Å². The third-order valence-corrected chi connectivity index (χ3v) is 2.66. The minimum absolute atomic E-state index is 0.316. The predicted octanol–water partition coefficient (Wildman–Crippen LogP) is 2.53. The first-order valence-electron chi connectivity index (χ1n) is 5.75. The van der Waals surface area contributed by atoms with Gasteiger partial charge in [0.2, 0.25) is 0 Å². The van der Waals surface area contributed by atoms with E-state index in [1.54, 1.807) is 0 Å². The van der Waals surface area contributed by atoms with E-state index in [9.17, 15) is 0 Å². The number of fused-ring (bicyclic) bond motifs is 1. The van der Waals surface area contributed by atoms with Crippen molar-refractivity contribution in [2.45, 2.75) is 40.7 Å². The standard InChI is InChI=1S/C12H21N3/c1-9-7-13-11-5-10(6-12(2,3)4)14-15(11)8-9/h5,9,13H,6-8H2,1-4H3. The van der Waals surface area contributed by atoms with Crippen LogP contribution in [0.4, 0.5) is 5.82 Å². The molecule has 15 heavy (non-hydrogen) atoms. The first-order valence-corrected chi connectivity index (χ1v) is 5.75. The topological polar surface area (TPSA) is 29.9 Å². The Balaban J connectivity index is 2.16. The zero-order chi connectivity index (χ0) is 11.1. The molecule has 1 atom stereocenters. The molecule has 1 aliphatic heterocycles. The molecule has 2 rings (SSSR count). The highest BCUT2D eigenvalue weighted by atomic mass is 15.3. The van der Waals surface area contributed by atoms with Crippen molar-refractivity contribution >= 4 is 5.82 Å². The van der Waals surface area contributed by atoms with Gasteiger partial charge in [0.25, 0.3) is 0 Å². The molecule has 0 bridgehead atoms. The van der Waals surface area contributed by atoms with Gasteiger partial charge in [-0.1, -0.05) is 27.7 Å². The maximum atomic E-state index is 4.64. The molecule has 0 aliphatic carbocycles. The smallest absolute Gasteiger partial charge is 0.124 e. The summed E-state index contributed by atoms with van der Waals surface area (Å²) in [6.45, 7) is 11.1. The Morgan fingerprint density at radius 1 is 1.53 bits per heavy atom. The fourth-order valence-corrected chi connectivity index (χ4v) is 2.02. The van der Waals surface area contributed by atoms with Crippen LogP contribution in [0, 0.1) is 11.3 Å². The summed E-state index contributed by atoms with van der Waals surface area (Å²) in [5, 5.41) is 8.06. The molecule has 0 aromatic carbocycles. The molecular weight excluding hydrogens is 186 g/mol. The molecule has 3 nitrogen and oxygen atoms in total. The number of aromatic nitrogens is 2. The summed E-state index contributed by atoms with van der Waals surface area (Å²) in [6.07, 6.45) is 1.04. The van der Waals surface area contributed by atoms with Crippen molar-refractivity contribution in [3.8, 4) is 0 Å². The van der Waals surface area contributed by atoms with Gasteiger partial charge in [0.1, 0.15) is 5.82 Å². The van der Waals surface area contributed by atoms with Crippen LogP contribution >= 0.6 is 0 Å². The van der Waals surface area contributed by atoms with Gasteiger partial charge in [-0.2, -0.15) is 5.10 Å². The second-order valence-electron chi connectivity index (χ2n) is 5.93. The largest absolute Gasteiger partial charge is 0.370 e. The number of rotatable bonds is 1. The molecule has 1 unspecified atom stereocenters. The van der Waals surface area contributed by atoms with Crippen molar-refractivity contribution < 1.29 is 0 Å². The molecule has 0 saturated heterocycles. The molecule has 0 radical (unpaired) electrons. The maximum Gasteiger partial charge on any atom is 0.124 e. The molecule has 1 aromatic rings. The third kappa shape index (κ3) is 2.52. The van der Waals surface area contributed by atoms with E-state index < -0.39 is 0 Å². The van der Waals surface area contributed by atoms with Crippen molar-refractivity contribution in [2.24, 2.45) is 11.3 Å². The number of nitrogens with one attached hydrogen (secondary N) is 1. The Hall–Kier alpha value is -0.990. The van der Waals surface area contributed by atoms with E-state index in [1.165, 1.54) is 11.5 Å². The quantitative estimate of drug-likeness (QED) is 0.767. The number of hydrogen-bond acceptors (Lipinski definition) is 2. The Morgan fingerprint density at radius 2 is 2.27 bits per heavy atom. The molecule has 1 aliphatic rings. The van der Waals surface area contributed by atoms with E-state index >= 15 is 0 Å². The zero-order valence-electron chi connectivity index (χ0n) is 10.2. The Labute approximate surface area is 91.9 Å². The fraction of sp³-hybridized carbons (Fsp3) is 0.750. The highest BCUT2D eigenvalue weighted by Crippen LogP contribution is 2.24. The first kappa shape index (κ1) is 10.5. The molecule has 0 fully saturated rings. The number of hydrogen-bond donors (Lipinski definition) is 1. The maximum absolute atomic E-state index is 4.64. The Morgan fingerprint density at radius 3 is 2.93 bits per heavy atom. The average molecular weight is 207 g/mol. The molecule has 0 saturated carbocycles. The van der Waals surface area contributed by atoms with Gasteiger partial charge in [-0.15, -0.1) is 0 Å². The number of nitrogens with zero attached hydrogens (tertiary/aromatic N) is 2. The summed E-state index contributed by atoms with van der Waals surface area (Å²) < 4.78 is 2.11. The predicted molar refractivity (Wildman–Crippen MR) is 63.0 cm³/mol. The van der Waals surface area contributed by atoms with Crippen LogP contribution in [0.2, 0.25) is 0 Å². The van der Waals surface area contributed by atoms with Crippen LogP contribution in [0.3, 0.4) is 0 Å². The molecule has 0 spiro atoms. The van der Waals surface area contributed by atoms with E-state index in [1.807, 2.05) is 0 Å². The van der Waals surface area contributed by atoms with Crippen molar-refractivity contribution in [1.82, 2.24) is 9.78 Å². The molecular formula is C12H21N3. The Bertz CT molecular complexity index is 346. The van der Waals surface area contributed by atoms with Crippen LogP contribution in [0.1, 0.15) is 33.4 Å². The second kappa shape index (κ2) is 3.54. The summed E-state index contributed by atoms with van der Waals surface area (Å²) >= 11 is 0. The average Bonchev–Trinajstić information content (AvgIpc) is 2.42. The van der Waals surface area contributed by atoms with Gasteiger partial charge in [-0.25, -0.2) is 4.68 Å². The summed E-state index contributed by atoms with van der Waals surface area (Å²) in [4.78, 5) is 0. The SMILES string of the molecule is CC1CNc2cc(CC(C)(C)C)nn2C1. The van der Waals surface area contributed by atoms with E-state index in [2.05, 4.69) is 48.9 Å². The van der Waals surface area contributed by atoms with Crippen LogP contribution in [0.5, 0.6) is 0 Å². The van der Waals surface area contributed by atoms with Gasteiger partial charge < -0.3 is 5.32 Å². The second-order valence-corrected chi connectivity index (χ2v) is 5.93. The van der Waals surface area contributed by atoms with Crippen LogP contribution in [0.25, 0.3) is 0 Å². The first-order chi connectivity index (χ1) is 6.94. The summed E-state index contributed by atoms with van der Waals surface area (Å²) in [5.74, 6) is 1.87. The highest BCUT2D eigenvalue weighted by molar-refractivity contribution is 5.38. The Kier molecular flexibility index (Phi) is 2.49. The van der Waals surface area contributed by atoms with Gasteiger partial charge in [0, 0.05) is 19.2 Å². The molecule has 1 N–H and O–H groups in total. The van der Waals surface area contributed by atoms with E-state index in [-0.39, 0.29) is 0 Å². The van der Waals surface area contributed by atoms with Crippen LogP contribution in [0.15, 0.2) is 6.07 Å². The molecule has 1 aromatic heterocycles. The molecule has 84 valence electrons. The lowest BCUT2D eigenvalue weighted by Gasteiger charge is -2.21. The van der Waals surface area contributed by atoms with Gasteiger partial charge in [0.05, 0.1) is 5.69 Å². The van der Waals surface area contributed by atoms with Crippen molar-refractivity contribution in [1.29, 1.82) is 0 Å². The highest BCUT2D eigenvalue weighted by Gasteiger charge is 2.19. The number of anilines is 1. The van der Waals surface area contributed by atoms with Gasteiger partial charge >= 0.3 is 0 Å². The van der Waals surface area contributed by atoms with E-state index in [0.29, 0.717) is 11.3 Å². The zero-order valence-corrected chi connectivity index (χ0v) is 10.2. The summed E-state index contributed by atoms with van der Waals surface area (Å²) in [5.41, 5.74) is 1.52. The van der Waals surface area contributed by atoms with Crippen molar-refractivity contribution in [3.05, 3.63) is 11.8 Å². The molecule has 0 amide bonds. The van der Waals surface area contributed by atoms with Crippen LogP contribution < -0.4 is 5.32 Å². The normalized spacial score (nSPS) is 20.9. The third-order valence-electron chi connectivity index (χ3n) is 2.66. The summed E-state index contributed by atoms with van der Waals surface area (Å²) in [6, 6.07) is 2.19. The molecule has 2 heterocycles. The minimum Gasteiger partial charge on any atom is -0.370 e. The van der Waals surface area contributed by atoms with Crippen molar-refractivity contribution in [2.75, 3.05) is 11.9 Å². The van der Waals surface area contributed by atoms with Crippen LogP contribution in [-0.4, -0.2) is 16.3 Å². The monoisotopic (exact) mass is 207 g/mol. The minimum atomic E-state index is 0.316.